The van der Waals surface area contributed by atoms with E-state index < -0.39 is 36.8 Å². The van der Waals surface area contributed by atoms with E-state index >= 15 is 0 Å². The van der Waals surface area contributed by atoms with E-state index in [1.807, 2.05) is 18.2 Å². The van der Waals surface area contributed by atoms with E-state index in [0.717, 1.165) is 28.9 Å². The molecule has 1 saturated heterocycles. The smallest absolute Gasteiger partial charge is 0.301 e. The van der Waals surface area contributed by atoms with Crippen molar-refractivity contribution < 1.29 is 28.5 Å². The average Bonchev–Trinajstić information content (AvgIpc) is 3.61. The second-order valence-corrected chi connectivity index (χ2v) is 8.93. The number of amides is 1. The number of aliphatic hydroxyl groups is 2. The lowest BCUT2D eigenvalue weighted by Crippen LogP contribution is -2.56. The number of aromatic nitrogens is 1. The number of likely N-dealkylation sites (tertiary alicyclic amines) is 1. The van der Waals surface area contributed by atoms with Gasteiger partial charge in [0.1, 0.15) is 23.9 Å². The fourth-order valence-electron chi connectivity index (χ4n) is 4.00. The van der Waals surface area contributed by atoms with E-state index in [0.29, 0.717) is 17.1 Å². The third-order valence-corrected chi connectivity index (χ3v) is 6.10. The SMILES string of the molecule is Cc1cc(-c2ccnc(NC(O)C3CC3)c2)ccc1O[C@H]1CCN(C(=O)[C@H](C)O)CC1(F)F. The number of hydrogen-bond acceptors (Lipinski definition) is 6. The van der Waals surface area contributed by atoms with Crippen LogP contribution in [-0.4, -0.2) is 63.5 Å². The van der Waals surface area contributed by atoms with Gasteiger partial charge in [0, 0.05) is 25.1 Å². The topological polar surface area (TPSA) is 94.9 Å². The highest BCUT2D eigenvalue weighted by atomic mass is 19.3. The minimum Gasteiger partial charge on any atom is -0.484 e. The number of hydrogen-bond donors (Lipinski definition) is 3. The average molecular weight is 462 g/mol. The summed E-state index contributed by atoms with van der Waals surface area (Å²) in [5.41, 5.74) is 2.45. The van der Waals surface area contributed by atoms with Gasteiger partial charge in [0.25, 0.3) is 5.91 Å². The van der Waals surface area contributed by atoms with Gasteiger partial charge in [-0.2, -0.15) is 0 Å². The van der Waals surface area contributed by atoms with Crippen molar-refractivity contribution in [2.45, 2.75) is 57.5 Å². The van der Waals surface area contributed by atoms with Crippen molar-refractivity contribution in [3.63, 3.8) is 0 Å². The van der Waals surface area contributed by atoms with Crippen LogP contribution in [0.5, 0.6) is 5.75 Å². The number of alkyl halides is 2. The molecule has 2 aromatic rings. The van der Waals surface area contributed by atoms with Crippen molar-refractivity contribution >= 4 is 11.7 Å². The van der Waals surface area contributed by atoms with Crippen LogP contribution in [0.2, 0.25) is 0 Å². The second kappa shape index (κ2) is 9.23. The molecule has 178 valence electrons. The Labute approximate surface area is 191 Å². The molecule has 4 rings (SSSR count). The van der Waals surface area contributed by atoms with Gasteiger partial charge in [0.2, 0.25) is 0 Å². The zero-order chi connectivity index (χ0) is 23.8. The van der Waals surface area contributed by atoms with Crippen molar-refractivity contribution in [2.75, 3.05) is 18.4 Å². The van der Waals surface area contributed by atoms with Gasteiger partial charge in [-0.1, -0.05) is 6.07 Å². The molecule has 3 atom stereocenters. The summed E-state index contributed by atoms with van der Waals surface area (Å²) in [4.78, 5) is 17.1. The number of aliphatic hydroxyl groups excluding tert-OH is 2. The summed E-state index contributed by atoms with van der Waals surface area (Å²) >= 11 is 0. The number of pyridine rings is 1. The van der Waals surface area contributed by atoms with Crippen LogP contribution >= 0.6 is 0 Å². The highest BCUT2D eigenvalue weighted by Gasteiger charge is 2.48. The second-order valence-electron chi connectivity index (χ2n) is 8.93. The number of nitrogens with one attached hydrogen (secondary N) is 1. The highest BCUT2D eigenvalue weighted by Crippen LogP contribution is 2.35. The maximum absolute atomic E-state index is 14.7. The van der Waals surface area contributed by atoms with Crippen molar-refractivity contribution in [1.82, 2.24) is 9.88 Å². The maximum Gasteiger partial charge on any atom is 0.301 e. The minimum atomic E-state index is -3.23. The van der Waals surface area contributed by atoms with Crippen molar-refractivity contribution in [1.29, 1.82) is 0 Å². The summed E-state index contributed by atoms with van der Waals surface area (Å²) in [7, 11) is 0. The molecule has 7 nitrogen and oxygen atoms in total. The Hall–Kier alpha value is -2.78. The van der Waals surface area contributed by atoms with Gasteiger partial charge in [-0.15, -0.1) is 0 Å². The molecule has 1 saturated carbocycles. The van der Waals surface area contributed by atoms with Crippen LogP contribution in [-0.2, 0) is 4.79 Å². The van der Waals surface area contributed by atoms with Gasteiger partial charge >= 0.3 is 5.92 Å². The van der Waals surface area contributed by atoms with Crippen LogP contribution in [0.3, 0.4) is 0 Å². The third kappa shape index (κ3) is 5.42. The molecule has 1 aromatic heterocycles. The normalized spacial score (nSPS) is 21.9. The molecule has 1 aliphatic carbocycles. The van der Waals surface area contributed by atoms with E-state index in [1.54, 1.807) is 25.3 Å². The van der Waals surface area contributed by atoms with E-state index in [1.165, 1.54) is 6.92 Å². The number of ether oxygens (including phenoxy) is 1. The lowest BCUT2D eigenvalue weighted by atomic mass is 10.0. The number of benzene rings is 1. The first-order valence-electron chi connectivity index (χ1n) is 11.2. The van der Waals surface area contributed by atoms with Gasteiger partial charge < -0.3 is 25.2 Å². The molecule has 3 N–H and O–H groups in total. The molecule has 2 fully saturated rings. The number of nitrogens with zero attached hydrogens (tertiary/aromatic N) is 2. The maximum atomic E-state index is 14.7. The molecular formula is C24H29F2N3O4. The Bertz CT molecular complexity index is 1010. The lowest BCUT2D eigenvalue weighted by Gasteiger charge is -2.38. The molecule has 1 aliphatic heterocycles. The van der Waals surface area contributed by atoms with Crippen LogP contribution in [0.4, 0.5) is 14.6 Å². The quantitative estimate of drug-likeness (QED) is 0.549. The van der Waals surface area contributed by atoms with Crippen molar-refractivity contribution in [2.24, 2.45) is 5.92 Å². The number of carbonyl (C=O) groups excluding carboxylic acids is 1. The monoisotopic (exact) mass is 461 g/mol. The van der Waals surface area contributed by atoms with Gasteiger partial charge in [0.05, 0.1) is 6.54 Å². The predicted molar refractivity (Wildman–Crippen MR) is 119 cm³/mol. The summed E-state index contributed by atoms with van der Waals surface area (Å²) in [5.74, 6) is -2.74. The highest BCUT2D eigenvalue weighted by molar-refractivity contribution is 5.80. The molecule has 1 aromatic carbocycles. The Morgan fingerprint density at radius 2 is 1.94 bits per heavy atom. The fraction of sp³-hybridized carbons (Fsp3) is 0.500. The predicted octanol–water partition coefficient (Wildman–Crippen LogP) is 3.19. The van der Waals surface area contributed by atoms with Gasteiger partial charge in [-0.3, -0.25) is 4.79 Å². The molecule has 2 aliphatic rings. The zero-order valence-corrected chi connectivity index (χ0v) is 18.7. The van der Waals surface area contributed by atoms with Crippen LogP contribution in [0.25, 0.3) is 11.1 Å². The van der Waals surface area contributed by atoms with Crippen molar-refractivity contribution in [3.05, 3.63) is 42.1 Å². The summed E-state index contributed by atoms with van der Waals surface area (Å²) in [6.45, 7) is 2.38. The Kier molecular flexibility index (Phi) is 6.54. The molecule has 0 bridgehead atoms. The summed E-state index contributed by atoms with van der Waals surface area (Å²) in [5, 5.41) is 22.5. The molecule has 0 radical (unpaired) electrons. The number of halogens is 2. The first kappa shape index (κ1) is 23.4. The molecule has 33 heavy (non-hydrogen) atoms. The minimum absolute atomic E-state index is 0.0324. The zero-order valence-electron chi connectivity index (χ0n) is 18.7. The van der Waals surface area contributed by atoms with Crippen LogP contribution in [0.1, 0.15) is 31.7 Å². The van der Waals surface area contributed by atoms with E-state index in [-0.39, 0.29) is 18.9 Å². The number of rotatable bonds is 7. The Morgan fingerprint density at radius 1 is 1.21 bits per heavy atom. The van der Waals surface area contributed by atoms with Crippen LogP contribution in [0, 0.1) is 12.8 Å². The van der Waals surface area contributed by atoms with Gasteiger partial charge in [-0.25, -0.2) is 13.8 Å². The molecule has 1 unspecified atom stereocenters. The Morgan fingerprint density at radius 3 is 2.58 bits per heavy atom. The lowest BCUT2D eigenvalue weighted by molar-refractivity contribution is -0.165. The molecule has 9 heteroatoms. The Balaban J connectivity index is 1.44. The standard InChI is InChI=1S/C24H29F2N3O4/c1-14-11-17(18-7-9-27-21(12-18)28-22(31)16-3-4-16)5-6-19(14)33-20-8-10-29(13-24(20,25)26)23(32)15(2)30/h5-7,9,11-12,15-16,20,22,30-31H,3-4,8,10,13H2,1-2H3,(H,27,28)/t15-,20-,22?/m0/s1. The molecular weight excluding hydrogens is 432 g/mol. The molecule has 2 heterocycles. The molecule has 0 spiro atoms. The van der Waals surface area contributed by atoms with Crippen molar-refractivity contribution in [3.8, 4) is 16.9 Å². The van der Waals surface area contributed by atoms with Gasteiger partial charge in [0.15, 0.2) is 6.10 Å². The van der Waals surface area contributed by atoms with Crippen LogP contribution in [0.15, 0.2) is 36.5 Å². The largest absolute Gasteiger partial charge is 0.484 e. The number of anilines is 1. The van der Waals surface area contributed by atoms with E-state index in [4.69, 9.17) is 4.74 Å². The number of aryl methyl sites for hydroxylation is 1. The van der Waals surface area contributed by atoms with Gasteiger partial charge in [-0.05, 0) is 67.6 Å². The summed E-state index contributed by atoms with van der Waals surface area (Å²) in [6.07, 6.45) is 0.339. The van der Waals surface area contributed by atoms with E-state index in [9.17, 15) is 23.8 Å². The first-order chi connectivity index (χ1) is 15.6. The summed E-state index contributed by atoms with van der Waals surface area (Å²) < 4.78 is 35.0. The fourth-order valence-corrected chi connectivity index (χ4v) is 4.00. The third-order valence-electron chi connectivity index (χ3n) is 6.10. The number of carbonyl (C=O) groups is 1. The number of piperidine rings is 1. The summed E-state index contributed by atoms with van der Waals surface area (Å²) in [6, 6.07) is 9.00. The first-order valence-corrected chi connectivity index (χ1v) is 11.2. The van der Waals surface area contributed by atoms with E-state index in [2.05, 4.69) is 10.3 Å². The molecule has 1 amide bonds. The van der Waals surface area contributed by atoms with Crippen LogP contribution < -0.4 is 10.1 Å².